The predicted octanol–water partition coefficient (Wildman–Crippen LogP) is 16.4. The van der Waals surface area contributed by atoms with Crippen molar-refractivity contribution in [3.05, 3.63) is 191 Å². The van der Waals surface area contributed by atoms with Crippen molar-refractivity contribution in [2.75, 3.05) is 0 Å². The molecule has 0 aliphatic heterocycles. The van der Waals surface area contributed by atoms with Crippen molar-refractivity contribution in [3.8, 4) is 78.6 Å². The van der Waals surface area contributed by atoms with Gasteiger partial charge in [0.25, 0.3) is 0 Å². The van der Waals surface area contributed by atoms with Crippen LogP contribution >= 0.6 is 0 Å². The van der Waals surface area contributed by atoms with Gasteiger partial charge in [-0.2, -0.15) is 0 Å². The maximum Gasteiger partial charge on any atom is 0.148 e. The van der Waals surface area contributed by atoms with E-state index in [0.717, 1.165) is 72.5 Å². The van der Waals surface area contributed by atoms with Crippen molar-refractivity contribution in [2.45, 2.75) is 86.4 Å². The molecule has 0 spiro atoms. The number of para-hydroxylation sites is 1. The van der Waals surface area contributed by atoms with Crippen LogP contribution in [-0.4, -0.2) is 19.6 Å². The molecule has 66 heavy (non-hydrogen) atoms. The van der Waals surface area contributed by atoms with Crippen molar-refractivity contribution in [1.82, 2.24) is 14.5 Å². The molecule has 0 saturated carbocycles. The van der Waals surface area contributed by atoms with E-state index in [1.54, 1.807) is 6.07 Å². The van der Waals surface area contributed by atoms with Crippen LogP contribution in [0, 0.1) is 26.8 Å². The molecule has 334 valence electrons. The summed E-state index contributed by atoms with van der Waals surface area (Å²) in [6, 6.07) is 52.6. The average Bonchev–Trinajstić information content (AvgIpc) is 3.71. The molecule has 5 heteroatoms. The summed E-state index contributed by atoms with van der Waals surface area (Å²) in [4.78, 5) is 10.3. The quantitative estimate of drug-likeness (QED) is 0.147. The Hall–Kier alpha value is -6.35. The molecular formula is C61H58N3OPt-. The molecule has 2 aromatic heterocycles. The largest absolute Gasteiger partial charge is 0.507 e. The van der Waals surface area contributed by atoms with Gasteiger partial charge in [0.2, 0.25) is 0 Å². The van der Waals surface area contributed by atoms with Gasteiger partial charge >= 0.3 is 0 Å². The number of hydrogen-bond donors (Lipinski definition) is 1. The third-order valence-corrected chi connectivity index (χ3v) is 12.5. The predicted molar refractivity (Wildman–Crippen MR) is 273 cm³/mol. The number of phenols is 1. The number of aromatic hydroxyl groups is 1. The Morgan fingerprint density at radius 3 is 2.02 bits per heavy atom. The van der Waals surface area contributed by atoms with Gasteiger partial charge in [-0.3, -0.25) is 9.55 Å². The molecule has 0 aliphatic rings. The van der Waals surface area contributed by atoms with Crippen LogP contribution in [-0.2, 0) is 26.5 Å². The number of rotatable bonds is 9. The van der Waals surface area contributed by atoms with Crippen LogP contribution < -0.4 is 0 Å². The first-order valence-corrected chi connectivity index (χ1v) is 22.5. The number of aryl methyl sites for hydroxylation is 3. The summed E-state index contributed by atoms with van der Waals surface area (Å²) < 4.78 is 38.2. The fourth-order valence-corrected chi connectivity index (χ4v) is 9.08. The molecule has 4 nitrogen and oxygen atoms in total. The van der Waals surface area contributed by atoms with Crippen molar-refractivity contribution in [3.63, 3.8) is 0 Å². The first kappa shape index (κ1) is 41.1. The molecule has 0 bridgehead atoms. The average molecular weight is 1050 g/mol. The number of pyridine rings is 1. The zero-order valence-electron chi connectivity index (χ0n) is 43.1. The second-order valence-corrected chi connectivity index (χ2v) is 18.9. The fraction of sp³-hybridized carbons (Fsp3) is 0.213. The molecule has 0 atom stereocenters. The molecule has 0 fully saturated rings. The van der Waals surface area contributed by atoms with Gasteiger partial charge in [-0.05, 0) is 129 Å². The number of fused-ring (bicyclic) bond motifs is 1. The molecule has 7 aromatic carbocycles. The van der Waals surface area contributed by atoms with E-state index in [0.29, 0.717) is 33.7 Å². The van der Waals surface area contributed by atoms with Gasteiger partial charge in [0.1, 0.15) is 11.6 Å². The van der Waals surface area contributed by atoms with E-state index in [-0.39, 0.29) is 43.7 Å². The Balaban J connectivity index is 0.00000659. The molecule has 0 saturated heterocycles. The molecule has 0 amide bonds. The van der Waals surface area contributed by atoms with Crippen LogP contribution in [0.15, 0.2) is 152 Å². The van der Waals surface area contributed by atoms with E-state index in [1.165, 1.54) is 5.56 Å². The molecule has 0 unspecified atom stereocenters. The van der Waals surface area contributed by atoms with Crippen molar-refractivity contribution in [2.24, 2.45) is 0 Å². The minimum atomic E-state index is -2.56. The standard InChI is InChI=1S/C61H58N3O.Pt/c1-37(2)50-18-14-19-51(38(3)4)57(50)46-26-27-55(40(6)32-46)64-56-21-15-20-52(58(56)63-60(64)53-31-39(5)30-41(7)59(53)65)47-33-48(35-49(34-47)61(8,9)10)54-36-45(28-29-62-54)44-24-22-43(23-25-44)42-16-12-11-13-17-42;/h11-32,34-38,65H,1-10H3;/q-1;/i6D3,37D;. The Morgan fingerprint density at radius 1 is 0.652 bits per heavy atom. The molecule has 2 heterocycles. The number of hydrogen-bond acceptors (Lipinski definition) is 3. The summed E-state index contributed by atoms with van der Waals surface area (Å²) in [7, 11) is 0. The number of imidazole rings is 1. The third-order valence-electron chi connectivity index (χ3n) is 12.5. The minimum absolute atomic E-state index is 0. The SMILES string of the molecule is [2H]C([2H])([2H])c1cc(-c2c(C(C)C)cccc2C([2H])(C)C)ccc1-n1c(-c2cc(C)cc(C)c2O)nc2c(-c3[c-]c(-c4cc(-c5ccc(-c6ccccc6)cc5)ccn4)cc(C(C)(C)C)c3)cccc21.[Pt]. The second kappa shape index (κ2) is 18.5. The molecule has 0 aliphatic carbocycles. The van der Waals surface area contributed by atoms with Crippen LogP contribution in [0.2, 0.25) is 0 Å². The molecule has 1 N–H and O–H groups in total. The molecular weight excluding hydrogens is 986 g/mol. The fourth-order valence-electron chi connectivity index (χ4n) is 9.08. The van der Waals surface area contributed by atoms with E-state index in [9.17, 15) is 5.11 Å². The van der Waals surface area contributed by atoms with Crippen molar-refractivity contribution >= 4 is 11.0 Å². The molecule has 9 rings (SSSR count). The van der Waals surface area contributed by atoms with Crippen molar-refractivity contribution in [1.29, 1.82) is 0 Å². The molecule has 0 radical (unpaired) electrons. The Kier molecular flexibility index (Phi) is 11.5. The van der Waals surface area contributed by atoms with Crippen molar-refractivity contribution < 1.29 is 31.7 Å². The third kappa shape index (κ3) is 8.84. The van der Waals surface area contributed by atoms with Gasteiger partial charge in [-0.1, -0.05) is 163 Å². The number of benzene rings is 7. The first-order chi connectivity index (χ1) is 32.7. The summed E-state index contributed by atoms with van der Waals surface area (Å²) in [5.74, 6) is -0.336. The zero-order chi connectivity index (χ0) is 49.2. The van der Waals surface area contributed by atoms with Gasteiger partial charge in [-0.15, -0.1) is 29.3 Å². The Bertz CT molecular complexity index is 3400. The van der Waals surface area contributed by atoms with Gasteiger partial charge in [0.05, 0.1) is 22.3 Å². The van der Waals surface area contributed by atoms with E-state index < -0.39 is 12.7 Å². The van der Waals surface area contributed by atoms with Crippen LogP contribution in [0.4, 0.5) is 0 Å². The Labute approximate surface area is 411 Å². The summed E-state index contributed by atoms with van der Waals surface area (Å²) in [6.45, 7) is 15.8. The molecule has 9 aromatic rings. The number of nitrogens with zero attached hydrogens (tertiary/aromatic N) is 3. The van der Waals surface area contributed by atoms with Crippen LogP contribution in [0.1, 0.15) is 99.1 Å². The maximum absolute atomic E-state index is 11.8. The monoisotopic (exact) mass is 1050 g/mol. The Morgan fingerprint density at radius 2 is 1.32 bits per heavy atom. The van der Waals surface area contributed by atoms with Gasteiger partial charge in [0.15, 0.2) is 0 Å². The summed E-state index contributed by atoms with van der Waals surface area (Å²) in [6.07, 6.45) is 1.85. The van der Waals surface area contributed by atoms with Crippen LogP contribution in [0.3, 0.4) is 0 Å². The first-order valence-electron chi connectivity index (χ1n) is 24.5. The maximum atomic E-state index is 11.8. The summed E-state index contributed by atoms with van der Waals surface area (Å²) in [5, 5.41) is 11.8. The normalized spacial score (nSPS) is 12.9. The minimum Gasteiger partial charge on any atom is -0.507 e. The number of aromatic nitrogens is 3. The van der Waals surface area contributed by atoms with E-state index in [1.807, 2.05) is 105 Å². The van der Waals surface area contributed by atoms with Crippen LogP contribution in [0.25, 0.3) is 83.9 Å². The summed E-state index contributed by atoms with van der Waals surface area (Å²) >= 11 is 0. The number of phenolic OH excluding ortho intramolecular Hbond substituents is 1. The zero-order valence-corrected chi connectivity index (χ0v) is 41.4. The second-order valence-electron chi connectivity index (χ2n) is 18.9. The summed E-state index contributed by atoms with van der Waals surface area (Å²) in [5.41, 5.74) is 15.9. The topological polar surface area (TPSA) is 50.9 Å². The van der Waals surface area contributed by atoms with Gasteiger partial charge in [0, 0.05) is 38.4 Å². The smallest absolute Gasteiger partial charge is 0.148 e. The van der Waals surface area contributed by atoms with Gasteiger partial charge in [-0.25, -0.2) is 4.98 Å². The van der Waals surface area contributed by atoms with E-state index >= 15 is 0 Å². The van der Waals surface area contributed by atoms with E-state index in [4.69, 9.17) is 15.5 Å². The van der Waals surface area contributed by atoms with Crippen LogP contribution in [0.5, 0.6) is 5.75 Å². The van der Waals surface area contributed by atoms with E-state index in [2.05, 4.69) is 113 Å². The van der Waals surface area contributed by atoms with Gasteiger partial charge < -0.3 is 5.11 Å².